The third kappa shape index (κ3) is 2.19. The van der Waals surface area contributed by atoms with Crippen molar-refractivity contribution in [3.8, 4) is 0 Å². The zero-order chi connectivity index (χ0) is 12.5. The number of imidazole rings is 1. The third-order valence-corrected chi connectivity index (χ3v) is 4.47. The van der Waals surface area contributed by atoms with Gasteiger partial charge in [-0.2, -0.15) is 0 Å². The molecule has 96 valence electrons. The molecule has 0 aliphatic heterocycles. The van der Waals surface area contributed by atoms with Gasteiger partial charge in [0.15, 0.2) is 0 Å². The highest BCUT2D eigenvalue weighted by molar-refractivity contribution is 9.10. The van der Waals surface area contributed by atoms with Crippen LogP contribution >= 0.6 is 15.9 Å². The van der Waals surface area contributed by atoms with E-state index < -0.39 is 0 Å². The summed E-state index contributed by atoms with van der Waals surface area (Å²) in [7, 11) is 0. The maximum absolute atomic E-state index is 6.45. The van der Waals surface area contributed by atoms with Crippen molar-refractivity contribution in [3.63, 3.8) is 0 Å². The van der Waals surface area contributed by atoms with Crippen molar-refractivity contribution in [1.82, 2.24) is 9.38 Å². The lowest BCUT2D eigenvalue weighted by Crippen LogP contribution is -2.24. The topological polar surface area (TPSA) is 43.3 Å². The van der Waals surface area contributed by atoms with Crippen molar-refractivity contribution in [2.45, 2.75) is 38.1 Å². The SMILES string of the molecule is NC(c1cnc2ccc(Br)cn12)C1CCCCC1. The fourth-order valence-electron chi connectivity index (χ4n) is 2.95. The summed E-state index contributed by atoms with van der Waals surface area (Å²) in [6, 6.07) is 4.13. The van der Waals surface area contributed by atoms with E-state index in [-0.39, 0.29) is 6.04 Å². The van der Waals surface area contributed by atoms with E-state index in [0.717, 1.165) is 15.8 Å². The molecule has 1 unspecified atom stereocenters. The molecule has 2 N–H and O–H groups in total. The minimum atomic E-state index is 0.106. The molecule has 3 nitrogen and oxygen atoms in total. The van der Waals surface area contributed by atoms with Crippen LogP contribution in [0.2, 0.25) is 0 Å². The van der Waals surface area contributed by atoms with Crippen molar-refractivity contribution in [2.75, 3.05) is 0 Å². The Kier molecular flexibility index (Phi) is 3.39. The molecule has 0 spiro atoms. The maximum atomic E-state index is 6.45. The van der Waals surface area contributed by atoms with Crippen molar-refractivity contribution in [1.29, 1.82) is 0 Å². The van der Waals surface area contributed by atoms with Gasteiger partial charge in [0.05, 0.1) is 11.9 Å². The second-order valence-electron chi connectivity index (χ2n) is 5.18. The summed E-state index contributed by atoms with van der Waals surface area (Å²) < 4.78 is 3.17. The van der Waals surface area contributed by atoms with E-state index in [2.05, 4.69) is 31.5 Å². The molecule has 1 fully saturated rings. The number of aromatic nitrogens is 2. The van der Waals surface area contributed by atoms with Crippen LogP contribution in [0.25, 0.3) is 5.65 Å². The fraction of sp³-hybridized carbons (Fsp3) is 0.500. The van der Waals surface area contributed by atoms with Crippen LogP contribution in [-0.4, -0.2) is 9.38 Å². The largest absolute Gasteiger partial charge is 0.322 e. The number of pyridine rings is 1. The molecule has 1 aliphatic rings. The number of hydrogen-bond donors (Lipinski definition) is 1. The quantitative estimate of drug-likeness (QED) is 0.919. The second kappa shape index (κ2) is 5.02. The van der Waals surface area contributed by atoms with Crippen molar-refractivity contribution in [2.24, 2.45) is 11.7 Å². The first-order chi connectivity index (χ1) is 8.75. The highest BCUT2D eigenvalue weighted by Gasteiger charge is 2.24. The molecule has 1 atom stereocenters. The minimum Gasteiger partial charge on any atom is -0.322 e. The molecule has 1 saturated carbocycles. The zero-order valence-electron chi connectivity index (χ0n) is 10.3. The Balaban J connectivity index is 1.95. The number of rotatable bonds is 2. The van der Waals surface area contributed by atoms with Gasteiger partial charge in [-0.05, 0) is 46.8 Å². The van der Waals surface area contributed by atoms with Crippen LogP contribution < -0.4 is 5.73 Å². The van der Waals surface area contributed by atoms with Gasteiger partial charge >= 0.3 is 0 Å². The first-order valence-electron chi connectivity index (χ1n) is 6.64. The van der Waals surface area contributed by atoms with E-state index >= 15 is 0 Å². The molecule has 0 bridgehead atoms. The van der Waals surface area contributed by atoms with E-state index in [1.165, 1.54) is 32.1 Å². The minimum absolute atomic E-state index is 0.106. The van der Waals surface area contributed by atoms with Crippen molar-refractivity contribution < 1.29 is 0 Å². The van der Waals surface area contributed by atoms with Crippen molar-refractivity contribution in [3.05, 3.63) is 34.7 Å². The molecule has 2 heterocycles. The molecule has 2 aromatic rings. The maximum Gasteiger partial charge on any atom is 0.137 e. The van der Waals surface area contributed by atoms with Crippen LogP contribution in [0.3, 0.4) is 0 Å². The van der Waals surface area contributed by atoms with Crippen LogP contribution in [0.5, 0.6) is 0 Å². The van der Waals surface area contributed by atoms with E-state index in [4.69, 9.17) is 5.73 Å². The Bertz CT molecular complexity index is 543. The molecular weight excluding hydrogens is 290 g/mol. The summed E-state index contributed by atoms with van der Waals surface area (Å²) >= 11 is 3.51. The molecule has 18 heavy (non-hydrogen) atoms. The van der Waals surface area contributed by atoms with E-state index in [0.29, 0.717) is 5.92 Å². The summed E-state index contributed by atoms with van der Waals surface area (Å²) in [6.07, 6.45) is 10.5. The molecule has 0 saturated heterocycles. The van der Waals surface area contributed by atoms with Crippen LogP contribution in [0, 0.1) is 5.92 Å². The first kappa shape index (κ1) is 12.2. The summed E-state index contributed by atoms with van der Waals surface area (Å²) in [5.74, 6) is 0.609. The third-order valence-electron chi connectivity index (χ3n) is 4.00. The molecule has 1 aliphatic carbocycles. The number of nitrogens with zero attached hydrogens (tertiary/aromatic N) is 2. The van der Waals surface area contributed by atoms with Crippen molar-refractivity contribution >= 4 is 21.6 Å². The second-order valence-corrected chi connectivity index (χ2v) is 6.10. The summed E-state index contributed by atoms with van der Waals surface area (Å²) in [5, 5.41) is 0. The summed E-state index contributed by atoms with van der Waals surface area (Å²) in [6.45, 7) is 0. The normalized spacial score (nSPS) is 19.2. The van der Waals surface area contributed by atoms with Gasteiger partial charge < -0.3 is 10.1 Å². The zero-order valence-corrected chi connectivity index (χ0v) is 11.9. The van der Waals surface area contributed by atoms with Gasteiger partial charge in [0.25, 0.3) is 0 Å². The number of halogens is 1. The average molecular weight is 308 g/mol. The molecule has 0 amide bonds. The van der Waals surface area contributed by atoms with Crippen LogP contribution in [-0.2, 0) is 0 Å². The molecular formula is C14H18BrN3. The van der Waals surface area contributed by atoms with E-state index in [1.807, 2.05) is 18.3 Å². The van der Waals surface area contributed by atoms with Gasteiger partial charge in [-0.1, -0.05) is 19.3 Å². The Labute approximate surface area is 116 Å². The summed E-state index contributed by atoms with van der Waals surface area (Å²) in [5.41, 5.74) is 8.56. The van der Waals surface area contributed by atoms with Gasteiger partial charge in [-0.25, -0.2) is 4.98 Å². The average Bonchev–Trinajstić information content (AvgIpc) is 2.82. The van der Waals surface area contributed by atoms with E-state index in [9.17, 15) is 0 Å². The number of hydrogen-bond acceptors (Lipinski definition) is 2. The molecule has 0 aromatic carbocycles. The highest BCUT2D eigenvalue weighted by Crippen LogP contribution is 2.33. The number of nitrogens with two attached hydrogens (primary N) is 1. The molecule has 0 radical (unpaired) electrons. The van der Waals surface area contributed by atoms with Gasteiger partial charge in [-0.15, -0.1) is 0 Å². The van der Waals surface area contributed by atoms with Gasteiger partial charge in [0.1, 0.15) is 5.65 Å². The predicted molar refractivity (Wildman–Crippen MR) is 76.4 cm³/mol. The Hall–Kier alpha value is -0.870. The lowest BCUT2D eigenvalue weighted by molar-refractivity contribution is 0.304. The fourth-order valence-corrected chi connectivity index (χ4v) is 3.29. The predicted octanol–water partition coefficient (Wildman–Crippen LogP) is 3.68. The van der Waals surface area contributed by atoms with E-state index in [1.54, 1.807) is 0 Å². The smallest absolute Gasteiger partial charge is 0.137 e. The molecule has 2 aromatic heterocycles. The highest BCUT2D eigenvalue weighted by atomic mass is 79.9. The lowest BCUT2D eigenvalue weighted by Gasteiger charge is -2.27. The van der Waals surface area contributed by atoms with Gasteiger partial charge in [0.2, 0.25) is 0 Å². The molecule has 4 heteroatoms. The van der Waals surface area contributed by atoms with Crippen LogP contribution in [0.1, 0.15) is 43.8 Å². The standard InChI is InChI=1S/C14H18BrN3/c15-11-6-7-13-17-8-12(18(13)9-11)14(16)10-4-2-1-3-5-10/h6-10,14H,1-5,16H2. The van der Waals surface area contributed by atoms with Gasteiger partial charge in [-0.3, -0.25) is 0 Å². The number of fused-ring (bicyclic) bond motifs is 1. The Morgan fingerprint density at radius 3 is 2.83 bits per heavy atom. The van der Waals surface area contributed by atoms with Crippen LogP contribution in [0.15, 0.2) is 29.0 Å². The van der Waals surface area contributed by atoms with Crippen LogP contribution in [0.4, 0.5) is 0 Å². The first-order valence-corrected chi connectivity index (χ1v) is 7.43. The Morgan fingerprint density at radius 1 is 1.28 bits per heavy atom. The molecule has 3 rings (SSSR count). The lowest BCUT2D eigenvalue weighted by atomic mass is 9.83. The van der Waals surface area contributed by atoms with Gasteiger partial charge in [0, 0.05) is 16.7 Å². The monoisotopic (exact) mass is 307 g/mol. The summed E-state index contributed by atoms with van der Waals surface area (Å²) in [4.78, 5) is 4.44. The Morgan fingerprint density at radius 2 is 2.06 bits per heavy atom.